The third kappa shape index (κ3) is 5.29. The van der Waals surface area contributed by atoms with E-state index in [-0.39, 0.29) is 16.6 Å². The number of carbonyl (C=O) groups excluding carboxylic acids is 1. The van der Waals surface area contributed by atoms with Crippen molar-refractivity contribution in [3.05, 3.63) is 82.9 Å². The van der Waals surface area contributed by atoms with Crippen molar-refractivity contribution < 1.29 is 4.79 Å². The molecule has 0 aliphatic rings. The first-order valence-corrected chi connectivity index (χ1v) is 9.18. The summed E-state index contributed by atoms with van der Waals surface area (Å²) >= 11 is 0. The maximum absolute atomic E-state index is 13.6. The van der Waals surface area contributed by atoms with Gasteiger partial charge in [0, 0.05) is 11.1 Å². The van der Waals surface area contributed by atoms with Crippen molar-refractivity contribution in [3.8, 4) is 0 Å². The van der Waals surface area contributed by atoms with Crippen LogP contribution < -0.4 is 0 Å². The van der Waals surface area contributed by atoms with Crippen molar-refractivity contribution in [2.75, 3.05) is 0 Å². The number of allylic oxidation sites excluding steroid dienone is 2. The first-order valence-electron chi connectivity index (χ1n) is 9.18. The predicted octanol–water partition coefficient (Wildman–Crippen LogP) is 6.81. The van der Waals surface area contributed by atoms with Gasteiger partial charge >= 0.3 is 0 Å². The Morgan fingerprint density at radius 3 is 1.19 bits per heavy atom. The van der Waals surface area contributed by atoms with Crippen molar-refractivity contribution >= 4 is 17.9 Å². The van der Waals surface area contributed by atoms with Crippen LogP contribution in [0.25, 0.3) is 12.2 Å². The lowest BCUT2D eigenvalue weighted by molar-refractivity contribution is -0.113. The minimum atomic E-state index is -0.242. The van der Waals surface area contributed by atoms with Gasteiger partial charge in [-0.3, -0.25) is 4.79 Å². The second kappa shape index (κ2) is 7.86. The maximum atomic E-state index is 13.6. The monoisotopic (exact) mass is 346 g/mol. The van der Waals surface area contributed by atoms with Crippen LogP contribution in [-0.4, -0.2) is 5.78 Å². The van der Waals surface area contributed by atoms with Gasteiger partial charge in [-0.15, -0.1) is 0 Å². The summed E-state index contributed by atoms with van der Waals surface area (Å²) in [6.45, 7) is 12.6. The van der Waals surface area contributed by atoms with E-state index in [2.05, 4.69) is 41.5 Å². The summed E-state index contributed by atoms with van der Waals surface area (Å²) in [4.78, 5) is 13.6. The van der Waals surface area contributed by atoms with Crippen molar-refractivity contribution in [2.24, 2.45) is 10.8 Å². The third-order valence-corrected chi connectivity index (χ3v) is 4.33. The van der Waals surface area contributed by atoms with E-state index in [1.54, 1.807) is 0 Å². The lowest BCUT2D eigenvalue weighted by Gasteiger charge is -2.28. The third-order valence-electron chi connectivity index (χ3n) is 4.33. The molecule has 1 nitrogen and oxygen atoms in total. The number of carbonyl (C=O) groups is 1. The molecule has 0 aromatic heterocycles. The molecule has 0 spiro atoms. The Morgan fingerprint density at radius 1 is 0.615 bits per heavy atom. The highest BCUT2D eigenvalue weighted by molar-refractivity contribution is 6.14. The molecular weight excluding hydrogens is 316 g/mol. The molecule has 2 rings (SSSR count). The van der Waals surface area contributed by atoms with Gasteiger partial charge in [-0.05, 0) is 34.1 Å². The Hall–Kier alpha value is -2.41. The summed E-state index contributed by atoms with van der Waals surface area (Å²) < 4.78 is 0. The van der Waals surface area contributed by atoms with Crippen LogP contribution in [0.3, 0.4) is 0 Å². The van der Waals surface area contributed by atoms with E-state index in [0.717, 1.165) is 22.3 Å². The number of ketones is 1. The molecule has 0 aliphatic carbocycles. The van der Waals surface area contributed by atoms with E-state index >= 15 is 0 Å². The fourth-order valence-corrected chi connectivity index (χ4v) is 2.82. The Labute approximate surface area is 158 Å². The molecule has 0 atom stereocenters. The molecule has 0 N–H and O–H groups in total. The Balaban J connectivity index is 2.57. The standard InChI is InChI=1S/C25H30O/c1-24(2,3)21(17-19-13-9-7-10-14-19)23(26)22(25(4,5)6)18-20-15-11-8-12-16-20/h7-18H,1-6H3/b21-17-,22-18-. The molecule has 0 saturated carbocycles. The molecule has 0 radical (unpaired) electrons. The van der Waals surface area contributed by atoms with Gasteiger partial charge in [0.2, 0.25) is 0 Å². The lowest BCUT2D eigenvalue weighted by atomic mass is 9.74. The average molecular weight is 347 g/mol. The van der Waals surface area contributed by atoms with Gasteiger partial charge in [-0.25, -0.2) is 0 Å². The van der Waals surface area contributed by atoms with E-state index in [0.29, 0.717) is 0 Å². The molecule has 26 heavy (non-hydrogen) atoms. The molecule has 136 valence electrons. The van der Waals surface area contributed by atoms with Gasteiger partial charge in [-0.2, -0.15) is 0 Å². The largest absolute Gasteiger partial charge is 0.289 e. The highest BCUT2D eigenvalue weighted by Crippen LogP contribution is 2.36. The number of hydrogen-bond acceptors (Lipinski definition) is 1. The summed E-state index contributed by atoms with van der Waals surface area (Å²) in [5.74, 6) is 0.123. The Kier molecular flexibility index (Phi) is 6.02. The molecular formula is C25H30O. The van der Waals surface area contributed by atoms with Gasteiger partial charge in [0.05, 0.1) is 0 Å². The SMILES string of the molecule is CC(C)(C)/C(=C\c1ccccc1)C(=O)/C(=C/c1ccccc1)C(C)(C)C. The van der Waals surface area contributed by atoms with E-state index in [1.807, 2.05) is 72.8 Å². The zero-order chi connectivity index (χ0) is 19.4. The summed E-state index contributed by atoms with van der Waals surface area (Å²) in [5.41, 5.74) is 3.29. The van der Waals surface area contributed by atoms with Gasteiger partial charge in [0.15, 0.2) is 5.78 Å². The van der Waals surface area contributed by atoms with Crippen LogP contribution >= 0.6 is 0 Å². The first-order chi connectivity index (χ1) is 12.1. The molecule has 2 aromatic rings. The minimum Gasteiger partial charge on any atom is -0.289 e. The van der Waals surface area contributed by atoms with Crippen LogP contribution in [0.5, 0.6) is 0 Å². The number of benzene rings is 2. The zero-order valence-electron chi connectivity index (χ0n) is 16.8. The minimum absolute atomic E-state index is 0.123. The molecule has 0 unspecified atom stereocenters. The van der Waals surface area contributed by atoms with Gasteiger partial charge in [0.1, 0.15) is 0 Å². The Morgan fingerprint density at radius 2 is 0.923 bits per heavy atom. The summed E-state index contributed by atoms with van der Waals surface area (Å²) in [7, 11) is 0. The van der Waals surface area contributed by atoms with Gasteiger partial charge in [0.25, 0.3) is 0 Å². The molecule has 1 heteroatoms. The number of hydrogen-bond donors (Lipinski definition) is 0. The van der Waals surface area contributed by atoms with Gasteiger partial charge < -0.3 is 0 Å². The molecule has 0 heterocycles. The predicted molar refractivity (Wildman–Crippen MR) is 113 cm³/mol. The second-order valence-electron chi connectivity index (χ2n) is 8.77. The van der Waals surface area contributed by atoms with E-state index in [9.17, 15) is 4.79 Å². The van der Waals surface area contributed by atoms with E-state index < -0.39 is 0 Å². The fraction of sp³-hybridized carbons (Fsp3) is 0.320. The second-order valence-corrected chi connectivity index (χ2v) is 8.77. The average Bonchev–Trinajstić information content (AvgIpc) is 2.57. The normalized spacial score (nSPS) is 13.6. The van der Waals surface area contributed by atoms with Crippen LogP contribution in [0.1, 0.15) is 52.7 Å². The molecule has 0 amide bonds. The summed E-state index contributed by atoms with van der Waals surface area (Å²) in [6, 6.07) is 20.1. The van der Waals surface area contributed by atoms with Crippen molar-refractivity contribution in [1.82, 2.24) is 0 Å². The van der Waals surface area contributed by atoms with Gasteiger partial charge in [-0.1, -0.05) is 102 Å². The van der Waals surface area contributed by atoms with Crippen LogP contribution in [0.2, 0.25) is 0 Å². The topological polar surface area (TPSA) is 17.1 Å². The summed E-state index contributed by atoms with van der Waals surface area (Å²) in [6.07, 6.45) is 4.07. The van der Waals surface area contributed by atoms with E-state index in [4.69, 9.17) is 0 Å². The molecule has 0 aliphatic heterocycles. The van der Waals surface area contributed by atoms with Crippen molar-refractivity contribution in [2.45, 2.75) is 41.5 Å². The smallest absolute Gasteiger partial charge is 0.186 e. The molecule has 0 bridgehead atoms. The lowest BCUT2D eigenvalue weighted by Crippen LogP contribution is -2.25. The highest BCUT2D eigenvalue weighted by atomic mass is 16.1. The first kappa shape index (κ1) is 19.9. The highest BCUT2D eigenvalue weighted by Gasteiger charge is 2.31. The summed E-state index contributed by atoms with van der Waals surface area (Å²) in [5, 5.41) is 0. The quantitative estimate of drug-likeness (QED) is 0.555. The van der Waals surface area contributed by atoms with Crippen LogP contribution in [0.15, 0.2) is 71.8 Å². The Bertz CT molecular complexity index is 725. The number of rotatable bonds is 4. The number of Topliss-reactive ketones (excluding diaryl/α,β-unsaturated/α-hetero) is 1. The van der Waals surface area contributed by atoms with Crippen LogP contribution in [-0.2, 0) is 4.79 Å². The van der Waals surface area contributed by atoms with Crippen molar-refractivity contribution in [1.29, 1.82) is 0 Å². The molecule has 2 aromatic carbocycles. The van der Waals surface area contributed by atoms with Crippen molar-refractivity contribution in [3.63, 3.8) is 0 Å². The fourth-order valence-electron chi connectivity index (χ4n) is 2.82. The molecule has 0 saturated heterocycles. The maximum Gasteiger partial charge on any atom is 0.186 e. The van der Waals surface area contributed by atoms with Crippen LogP contribution in [0.4, 0.5) is 0 Å². The van der Waals surface area contributed by atoms with Crippen LogP contribution in [0, 0.1) is 10.8 Å². The molecule has 0 fully saturated rings. The van der Waals surface area contributed by atoms with E-state index in [1.165, 1.54) is 0 Å². The zero-order valence-corrected chi connectivity index (χ0v) is 16.8.